The number of rotatable bonds is 6. The summed E-state index contributed by atoms with van der Waals surface area (Å²) < 4.78 is 5.82. The Hall–Kier alpha value is -2.37. The molecule has 0 aliphatic heterocycles. The number of hydrogen-bond acceptors (Lipinski definition) is 4. The van der Waals surface area contributed by atoms with Crippen LogP contribution in [0.5, 0.6) is 5.75 Å². The first-order valence-corrected chi connectivity index (χ1v) is 8.97. The van der Waals surface area contributed by atoms with Gasteiger partial charge in [-0.25, -0.2) is 9.78 Å². The van der Waals surface area contributed by atoms with E-state index in [1.54, 1.807) is 0 Å². The van der Waals surface area contributed by atoms with Crippen molar-refractivity contribution < 1.29 is 14.6 Å². The van der Waals surface area contributed by atoms with Crippen molar-refractivity contribution in [2.24, 2.45) is 0 Å². The highest BCUT2D eigenvalue weighted by Crippen LogP contribution is 2.31. The minimum atomic E-state index is -0.936. The lowest BCUT2D eigenvalue weighted by Crippen LogP contribution is -1.97. The van der Waals surface area contributed by atoms with Crippen LogP contribution < -0.4 is 4.74 Å². The Labute approximate surface area is 154 Å². The molecule has 0 bridgehead atoms. The van der Waals surface area contributed by atoms with E-state index in [9.17, 15) is 9.90 Å². The number of aromatic carboxylic acids is 1. The third kappa shape index (κ3) is 4.18. The first-order valence-electron chi connectivity index (χ1n) is 7.77. The number of thiazole rings is 1. The molecule has 0 unspecified atom stereocenters. The van der Waals surface area contributed by atoms with Crippen molar-refractivity contribution in [3.05, 3.63) is 69.7 Å². The van der Waals surface area contributed by atoms with Crippen molar-refractivity contribution in [2.45, 2.75) is 20.0 Å². The zero-order valence-electron chi connectivity index (χ0n) is 13.5. The Morgan fingerprint density at radius 3 is 2.72 bits per heavy atom. The van der Waals surface area contributed by atoms with Gasteiger partial charge in [0.25, 0.3) is 0 Å². The Morgan fingerprint density at radius 2 is 2.04 bits per heavy atom. The smallest absolute Gasteiger partial charge is 0.347 e. The Morgan fingerprint density at radius 1 is 1.24 bits per heavy atom. The summed E-state index contributed by atoms with van der Waals surface area (Å²) in [6.45, 7) is 2.30. The molecule has 0 fully saturated rings. The number of nitrogens with zero attached hydrogens (tertiary/aromatic N) is 1. The van der Waals surface area contributed by atoms with Crippen LogP contribution in [0, 0.1) is 0 Å². The van der Waals surface area contributed by atoms with Gasteiger partial charge >= 0.3 is 5.97 Å². The highest BCUT2D eigenvalue weighted by atomic mass is 35.5. The molecular formula is C19H16ClNO3S. The summed E-state index contributed by atoms with van der Waals surface area (Å²) in [6.07, 6.45) is 0.586. The predicted octanol–water partition coefficient (Wildman–Crippen LogP) is 5.30. The number of benzene rings is 2. The van der Waals surface area contributed by atoms with Crippen LogP contribution >= 0.6 is 22.9 Å². The highest BCUT2D eigenvalue weighted by Gasteiger charge is 2.17. The molecule has 1 N–H and O–H groups in total. The molecule has 0 aliphatic rings. The molecule has 25 heavy (non-hydrogen) atoms. The molecule has 3 aromatic rings. The summed E-state index contributed by atoms with van der Waals surface area (Å²) in [7, 11) is 0. The van der Waals surface area contributed by atoms with Gasteiger partial charge in [0.2, 0.25) is 0 Å². The fourth-order valence-electron chi connectivity index (χ4n) is 2.39. The molecule has 1 aromatic heterocycles. The summed E-state index contributed by atoms with van der Waals surface area (Å²) in [5, 5.41) is 10.6. The van der Waals surface area contributed by atoms with E-state index in [0.29, 0.717) is 39.4 Å². The number of hydrogen-bond donors (Lipinski definition) is 1. The van der Waals surface area contributed by atoms with Gasteiger partial charge in [-0.1, -0.05) is 42.8 Å². The van der Waals surface area contributed by atoms with Gasteiger partial charge in [-0.05, 0) is 36.2 Å². The van der Waals surface area contributed by atoms with Crippen molar-refractivity contribution in [3.8, 4) is 16.3 Å². The fraction of sp³-hybridized carbons (Fsp3) is 0.158. The van der Waals surface area contributed by atoms with Crippen LogP contribution in [-0.4, -0.2) is 16.1 Å². The second-order valence-electron chi connectivity index (χ2n) is 5.40. The number of carboxylic acid groups (broad SMARTS) is 1. The highest BCUT2D eigenvalue weighted by molar-refractivity contribution is 7.17. The fourth-order valence-corrected chi connectivity index (χ4v) is 3.60. The van der Waals surface area contributed by atoms with E-state index < -0.39 is 5.97 Å². The first kappa shape index (κ1) is 17.5. The van der Waals surface area contributed by atoms with Crippen molar-refractivity contribution in [3.63, 3.8) is 0 Å². The normalized spacial score (nSPS) is 10.6. The lowest BCUT2D eigenvalue weighted by molar-refractivity contribution is 0.0701. The first-order chi connectivity index (χ1) is 12.1. The van der Waals surface area contributed by atoms with Gasteiger partial charge in [0.1, 0.15) is 22.2 Å². The standard InChI is InChI=1S/C19H16ClNO3S/c1-2-16-17(19(22)23)25-18(21-16)13-6-4-8-15(10-13)24-11-12-5-3-7-14(20)9-12/h3-10H,2,11H2,1H3,(H,22,23). The van der Waals surface area contributed by atoms with Crippen molar-refractivity contribution in [1.29, 1.82) is 0 Å². The molecule has 0 atom stereocenters. The predicted molar refractivity (Wildman–Crippen MR) is 99.7 cm³/mol. The van der Waals surface area contributed by atoms with E-state index in [2.05, 4.69) is 4.98 Å². The molecule has 0 saturated heterocycles. The average Bonchev–Trinajstić information content (AvgIpc) is 3.05. The molecule has 0 spiro atoms. The van der Waals surface area contributed by atoms with E-state index in [4.69, 9.17) is 16.3 Å². The maximum atomic E-state index is 11.3. The van der Waals surface area contributed by atoms with Gasteiger partial charge in [-0.3, -0.25) is 0 Å². The molecule has 0 saturated carbocycles. The lowest BCUT2D eigenvalue weighted by atomic mass is 10.2. The zero-order valence-corrected chi connectivity index (χ0v) is 15.1. The van der Waals surface area contributed by atoms with Crippen LogP contribution in [0.25, 0.3) is 10.6 Å². The Kier molecular flexibility index (Phi) is 5.36. The molecule has 3 rings (SSSR count). The van der Waals surface area contributed by atoms with Gasteiger partial charge < -0.3 is 9.84 Å². The summed E-state index contributed by atoms with van der Waals surface area (Å²) in [5.74, 6) is -0.239. The number of aryl methyl sites for hydroxylation is 1. The minimum absolute atomic E-state index is 0.294. The Bertz CT molecular complexity index is 907. The maximum Gasteiger partial charge on any atom is 0.347 e. The lowest BCUT2D eigenvalue weighted by Gasteiger charge is -2.07. The van der Waals surface area contributed by atoms with E-state index >= 15 is 0 Å². The maximum absolute atomic E-state index is 11.3. The van der Waals surface area contributed by atoms with Crippen LogP contribution in [0.1, 0.15) is 27.9 Å². The number of carboxylic acids is 1. The number of aromatic nitrogens is 1. The van der Waals surface area contributed by atoms with Crippen molar-refractivity contribution in [2.75, 3.05) is 0 Å². The molecule has 0 amide bonds. The summed E-state index contributed by atoms with van der Waals surface area (Å²) in [4.78, 5) is 16.1. The van der Waals surface area contributed by atoms with Crippen LogP contribution in [0.3, 0.4) is 0 Å². The van der Waals surface area contributed by atoms with Gasteiger partial charge in [-0.2, -0.15) is 0 Å². The van der Waals surface area contributed by atoms with Gasteiger partial charge in [0.05, 0.1) is 5.69 Å². The minimum Gasteiger partial charge on any atom is -0.489 e. The van der Waals surface area contributed by atoms with Crippen LogP contribution in [0.15, 0.2) is 48.5 Å². The molecule has 2 aromatic carbocycles. The quantitative estimate of drug-likeness (QED) is 0.636. The average molecular weight is 374 g/mol. The van der Waals surface area contributed by atoms with Crippen LogP contribution in [-0.2, 0) is 13.0 Å². The molecule has 6 heteroatoms. The molecule has 128 valence electrons. The number of ether oxygens (including phenoxy) is 1. The number of halogens is 1. The monoisotopic (exact) mass is 373 g/mol. The van der Waals surface area contributed by atoms with E-state index in [-0.39, 0.29) is 0 Å². The van der Waals surface area contributed by atoms with E-state index in [1.807, 2.05) is 55.5 Å². The third-order valence-corrected chi connectivity index (χ3v) is 4.97. The van der Waals surface area contributed by atoms with Crippen molar-refractivity contribution in [1.82, 2.24) is 4.98 Å². The summed E-state index contributed by atoms with van der Waals surface area (Å²) in [6, 6.07) is 15.0. The topological polar surface area (TPSA) is 59.4 Å². The van der Waals surface area contributed by atoms with Crippen LogP contribution in [0.4, 0.5) is 0 Å². The SMILES string of the molecule is CCc1nc(-c2cccc(OCc3cccc(Cl)c3)c2)sc1C(=O)O. The third-order valence-electron chi connectivity index (χ3n) is 3.60. The molecule has 0 aliphatic carbocycles. The van der Waals surface area contributed by atoms with Gasteiger partial charge in [-0.15, -0.1) is 11.3 Å². The van der Waals surface area contributed by atoms with Gasteiger partial charge in [0, 0.05) is 10.6 Å². The second-order valence-corrected chi connectivity index (χ2v) is 6.84. The van der Waals surface area contributed by atoms with E-state index in [1.165, 1.54) is 11.3 Å². The zero-order chi connectivity index (χ0) is 17.8. The molecular weight excluding hydrogens is 358 g/mol. The summed E-state index contributed by atoms with van der Waals surface area (Å²) in [5.41, 5.74) is 2.43. The number of carbonyl (C=O) groups is 1. The largest absolute Gasteiger partial charge is 0.489 e. The summed E-state index contributed by atoms with van der Waals surface area (Å²) >= 11 is 7.16. The Balaban J connectivity index is 1.81. The van der Waals surface area contributed by atoms with Crippen LogP contribution in [0.2, 0.25) is 5.02 Å². The second kappa shape index (κ2) is 7.68. The van der Waals surface area contributed by atoms with Crippen molar-refractivity contribution >= 4 is 28.9 Å². The molecule has 0 radical (unpaired) electrons. The van der Waals surface area contributed by atoms with E-state index in [0.717, 1.165) is 11.1 Å². The van der Waals surface area contributed by atoms with Gasteiger partial charge in [0.15, 0.2) is 0 Å². The molecule has 4 nitrogen and oxygen atoms in total. The molecule has 1 heterocycles.